The van der Waals surface area contributed by atoms with Crippen LogP contribution >= 0.6 is 11.3 Å². The number of nitrogens with one attached hydrogen (secondary N) is 1. The lowest BCUT2D eigenvalue weighted by Gasteiger charge is -2.11. The van der Waals surface area contributed by atoms with Crippen LogP contribution in [0.5, 0.6) is 11.5 Å². The van der Waals surface area contributed by atoms with Gasteiger partial charge in [0.05, 0.1) is 30.2 Å². The van der Waals surface area contributed by atoms with Crippen molar-refractivity contribution < 1.29 is 18.7 Å². The number of methoxy groups -OCH3 is 2. The molecule has 0 aliphatic heterocycles. The van der Waals surface area contributed by atoms with E-state index in [9.17, 15) is 9.59 Å². The Kier molecular flexibility index (Phi) is 5.23. The number of nitrogens with zero attached hydrogens (tertiary/aromatic N) is 3. The summed E-state index contributed by atoms with van der Waals surface area (Å²) >= 11 is 1.36. The lowest BCUT2D eigenvalue weighted by Crippen LogP contribution is -2.30. The van der Waals surface area contributed by atoms with Crippen molar-refractivity contribution in [3.8, 4) is 23.0 Å². The first-order valence-electron chi connectivity index (χ1n) is 8.94. The van der Waals surface area contributed by atoms with Crippen LogP contribution in [0.25, 0.3) is 21.7 Å². The Morgan fingerprint density at radius 3 is 2.73 bits per heavy atom. The molecule has 0 saturated heterocycles. The van der Waals surface area contributed by atoms with Crippen molar-refractivity contribution in [1.82, 2.24) is 14.8 Å². The highest BCUT2D eigenvalue weighted by atomic mass is 32.1. The molecule has 0 aliphatic rings. The number of amides is 1. The molecule has 0 radical (unpaired) electrons. The summed E-state index contributed by atoms with van der Waals surface area (Å²) in [6.07, 6.45) is 1.52. The van der Waals surface area contributed by atoms with Gasteiger partial charge in [-0.3, -0.25) is 9.59 Å². The molecule has 0 bridgehead atoms. The summed E-state index contributed by atoms with van der Waals surface area (Å²) < 4.78 is 17.6. The molecule has 0 saturated carbocycles. The molecule has 9 nitrogen and oxygen atoms in total. The van der Waals surface area contributed by atoms with Crippen LogP contribution in [0.2, 0.25) is 0 Å². The number of benzene rings is 1. The summed E-state index contributed by atoms with van der Waals surface area (Å²) in [4.78, 5) is 29.8. The van der Waals surface area contributed by atoms with E-state index in [1.807, 2.05) is 6.92 Å². The second-order valence-electron chi connectivity index (χ2n) is 6.32. The van der Waals surface area contributed by atoms with Gasteiger partial charge in [0.15, 0.2) is 22.8 Å². The smallest absolute Gasteiger partial charge is 0.294 e. The van der Waals surface area contributed by atoms with E-state index in [4.69, 9.17) is 13.9 Å². The highest BCUT2D eigenvalue weighted by molar-refractivity contribution is 7.19. The number of aryl methyl sites for hydroxylation is 1. The number of furan rings is 1. The van der Waals surface area contributed by atoms with E-state index in [-0.39, 0.29) is 12.1 Å². The zero-order valence-electron chi connectivity index (χ0n) is 16.5. The fourth-order valence-electron chi connectivity index (χ4n) is 3.00. The predicted octanol–water partition coefficient (Wildman–Crippen LogP) is 3.08. The Hall–Kier alpha value is -3.66. The molecular weight excluding hydrogens is 408 g/mol. The summed E-state index contributed by atoms with van der Waals surface area (Å²) in [6.45, 7) is 1.53. The van der Waals surface area contributed by atoms with E-state index in [0.717, 1.165) is 9.69 Å². The molecule has 10 heteroatoms. The number of carbonyl (C=O) groups excluding carboxylic acids is 1. The van der Waals surface area contributed by atoms with Crippen molar-refractivity contribution in [3.05, 3.63) is 52.0 Å². The van der Waals surface area contributed by atoms with E-state index < -0.39 is 11.5 Å². The van der Waals surface area contributed by atoms with Gasteiger partial charge in [0.2, 0.25) is 5.91 Å². The Labute approximate surface area is 174 Å². The van der Waals surface area contributed by atoms with Gasteiger partial charge in [-0.05, 0) is 31.2 Å². The van der Waals surface area contributed by atoms with Crippen molar-refractivity contribution in [2.45, 2.75) is 13.5 Å². The number of fused-ring (bicyclic) bond motifs is 1. The van der Waals surface area contributed by atoms with Crippen LogP contribution in [0.3, 0.4) is 0 Å². The zero-order valence-corrected chi connectivity index (χ0v) is 17.3. The maximum atomic E-state index is 12.8. The highest BCUT2D eigenvalue weighted by Crippen LogP contribution is 2.30. The summed E-state index contributed by atoms with van der Waals surface area (Å²) in [7, 11) is 3.04. The van der Waals surface area contributed by atoms with Gasteiger partial charge in [0.1, 0.15) is 12.2 Å². The van der Waals surface area contributed by atoms with Crippen LogP contribution in [0.15, 0.2) is 45.8 Å². The molecule has 4 aromatic rings. The van der Waals surface area contributed by atoms with Gasteiger partial charge < -0.3 is 19.2 Å². The molecule has 3 heterocycles. The summed E-state index contributed by atoms with van der Waals surface area (Å²) in [5.41, 5.74) is 0.798. The summed E-state index contributed by atoms with van der Waals surface area (Å²) in [5, 5.41) is 7.84. The van der Waals surface area contributed by atoms with E-state index in [2.05, 4.69) is 15.4 Å². The first-order chi connectivity index (χ1) is 14.5. The minimum Gasteiger partial charge on any atom is -0.493 e. The van der Waals surface area contributed by atoms with Crippen LogP contribution in [-0.4, -0.2) is 34.9 Å². The zero-order chi connectivity index (χ0) is 21.3. The molecule has 30 heavy (non-hydrogen) atoms. The first kappa shape index (κ1) is 19.6. The van der Waals surface area contributed by atoms with Crippen LogP contribution < -0.4 is 20.3 Å². The Balaban J connectivity index is 1.66. The number of hydrogen-bond donors (Lipinski definition) is 1. The Morgan fingerprint density at radius 1 is 1.23 bits per heavy atom. The average Bonchev–Trinajstić information content (AvgIpc) is 3.40. The molecule has 0 atom stereocenters. The fraction of sp³-hybridized carbons (Fsp3) is 0.200. The van der Waals surface area contributed by atoms with Crippen LogP contribution in [0.4, 0.5) is 5.69 Å². The van der Waals surface area contributed by atoms with Crippen LogP contribution in [0.1, 0.15) is 5.01 Å². The standard InChI is InChI=1S/C20H18N4O5S/c1-11-21-18-19(30-11)17(14-5-4-8-29-14)23-24(20(18)26)10-16(25)22-12-6-7-13(27-2)15(9-12)28-3/h4-9H,10H2,1-3H3,(H,22,25). The van der Waals surface area contributed by atoms with Gasteiger partial charge in [-0.15, -0.1) is 11.3 Å². The lowest BCUT2D eigenvalue weighted by atomic mass is 10.2. The van der Waals surface area contributed by atoms with Crippen molar-refractivity contribution in [3.63, 3.8) is 0 Å². The van der Waals surface area contributed by atoms with E-state index >= 15 is 0 Å². The first-order valence-corrected chi connectivity index (χ1v) is 9.76. The van der Waals surface area contributed by atoms with Gasteiger partial charge in [0.25, 0.3) is 5.56 Å². The predicted molar refractivity (Wildman–Crippen MR) is 112 cm³/mol. The number of carbonyl (C=O) groups is 1. The van der Waals surface area contributed by atoms with Crippen molar-refractivity contribution >= 4 is 33.1 Å². The molecule has 4 rings (SSSR count). The van der Waals surface area contributed by atoms with Crippen LogP contribution in [0, 0.1) is 6.92 Å². The van der Waals surface area contributed by atoms with Crippen molar-refractivity contribution in [2.24, 2.45) is 0 Å². The Morgan fingerprint density at radius 2 is 2.03 bits per heavy atom. The maximum Gasteiger partial charge on any atom is 0.294 e. The average molecular weight is 426 g/mol. The van der Waals surface area contributed by atoms with Gasteiger partial charge in [-0.1, -0.05) is 0 Å². The molecule has 1 N–H and O–H groups in total. The molecule has 3 aromatic heterocycles. The lowest BCUT2D eigenvalue weighted by molar-refractivity contribution is -0.117. The van der Waals surface area contributed by atoms with Crippen molar-refractivity contribution in [2.75, 3.05) is 19.5 Å². The third-order valence-corrected chi connectivity index (χ3v) is 5.30. The second-order valence-corrected chi connectivity index (χ2v) is 7.52. The van der Waals surface area contributed by atoms with E-state index in [1.54, 1.807) is 30.3 Å². The summed E-state index contributed by atoms with van der Waals surface area (Å²) in [6, 6.07) is 8.47. The second kappa shape index (κ2) is 7.99. The molecule has 0 fully saturated rings. The van der Waals surface area contributed by atoms with Crippen molar-refractivity contribution in [1.29, 1.82) is 0 Å². The Bertz CT molecular complexity index is 1280. The van der Waals surface area contributed by atoms with E-state index in [0.29, 0.717) is 33.3 Å². The van der Waals surface area contributed by atoms with Gasteiger partial charge in [-0.2, -0.15) is 5.10 Å². The SMILES string of the molecule is COc1ccc(NC(=O)Cn2nc(-c3ccco3)c3sc(C)nc3c2=O)cc1OC. The number of anilines is 1. The number of rotatable bonds is 6. The normalized spacial score (nSPS) is 10.9. The third-order valence-electron chi connectivity index (χ3n) is 4.32. The fourth-order valence-corrected chi connectivity index (χ4v) is 3.90. The van der Waals surface area contributed by atoms with Gasteiger partial charge in [-0.25, -0.2) is 9.67 Å². The molecular formula is C20H18N4O5S. The summed E-state index contributed by atoms with van der Waals surface area (Å²) in [5.74, 6) is 1.09. The maximum absolute atomic E-state index is 12.8. The van der Waals surface area contributed by atoms with E-state index in [1.165, 1.54) is 31.8 Å². The third kappa shape index (κ3) is 3.64. The molecule has 1 aromatic carbocycles. The minimum absolute atomic E-state index is 0.262. The van der Waals surface area contributed by atoms with Crippen LogP contribution in [-0.2, 0) is 11.3 Å². The highest BCUT2D eigenvalue weighted by Gasteiger charge is 2.19. The monoisotopic (exact) mass is 426 g/mol. The quantitative estimate of drug-likeness (QED) is 0.505. The number of aromatic nitrogens is 3. The van der Waals surface area contributed by atoms with Gasteiger partial charge >= 0.3 is 0 Å². The number of hydrogen-bond acceptors (Lipinski definition) is 8. The molecule has 0 aliphatic carbocycles. The molecule has 0 spiro atoms. The minimum atomic E-state index is -0.438. The van der Waals surface area contributed by atoms with Gasteiger partial charge in [0, 0.05) is 11.8 Å². The number of ether oxygens (including phenoxy) is 2. The molecule has 154 valence electrons. The molecule has 1 amide bonds. The largest absolute Gasteiger partial charge is 0.493 e. The topological polar surface area (TPSA) is 108 Å². The molecule has 0 unspecified atom stereocenters. The number of thiazole rings is 1.